The lowest BCUT2D eigenvalue weighted by atomic mass is 10.1. The van der Waals surface area contributed by atoms with Crippen LogP contribution in [0, 0.1) is 0 Å². The van der Waals surface area contributed by atoms with Gasteiger partial charge in [-0.05, 0) is 0 Å². The van der Waals surface area contributed by atoms with E-state index in [2.05, 4.69) is 10.3 Å². The third kappa shape index (κ3) is 8.03. The van der Waals surface area contributed by atoms with Gasteiger partial charge < -0.3 is 44.1 Å². The summed E-state index contributed by atoms with van der Waals surface area (Å²) in [4.78, 5) is 0. The molecule has 0 aromatic carbocycles. The molecule has 1 aromatic heterocycles. The third-order valence-electron chi connectivity index (χ3n) is 3.88. The van der Waals surface area contributed by atoms with E-state index in [-0.39, 0.29) is 19.8 Å². The lowest BCUT2D eigenvalue weighted by Gasteiger charge is -2.34. The zero-order valence-electron chi connectivity index (χ0n) is 15.6. The maximum Gasteiger partial charge on any atom is 0.186 e. The molecular formula is C16H29N3O9. The SMILES string of the molecule is OCCOCCOCCOCCn1cc(COC2OCC(O)C(O)C2O)nn1. The molecule has 1 aliphatic heterocycles. The minimum Gasteiger partial charge on any atom is -0.394 e. The van der Waals surface area contributed by atoms with Crippen LogP contribution in [0.3, 0.4) is 0 Å². The summed E-state index contributed by atoms with van der Waals surface area (Å²) in [5.74, 6) is 0. The number of aromatic nitrogens is 3. The Bertz CT molecular complexity index is 533. The highest BCUT2D eigenvalue weighted by molar-refractivity contribution is 4.90. The highest BCUT2D eigenvalue weighted by Crippen LogP contribution is 2.17. The Morgan fingerprint density at radius 1 is 1.00 bits per heavy atom. The Labute approximate surface area is 162 Å². The Kier molecular flexibility index (Phi) is 10.8. The number of aliphatic hydroxyl groups excluding tert-OH is 4. The predicted octanol–water partition coefficient (Wildman–Crippen LogP) is -2.72. The Balaban J connectivity index is 1.53. The van der Waals surface area contributed by atoms with Gasteiger partial charge in [-0.2, -0.15) is 0 Å². The van der Waals surface area contributed by atoms with Gasteiger partial charge in [-0.15, -0.1) is 5.10 Å². The van der Waals surface area contributed by atoms with Gasteiger partial charge in [0.25, 0.3) is 0 Å². The zero-order chi connectivity index (χ0) is 20.2. The highest BCUT2D eigenvalue weighted by Gasteiger charge is 2.38. The van der Waals surface area contributed by atoms with Crippen LogP contribution in [0.4, 0.5) is 0 Å². The van der Waals surface area contributed by atoms with E-state index in [0.29, 0.717) is 51.9 Å². The molecule has 1 aliphatic rings. The Morgan fingerprint density at radius 2 is 1.68 bits per heavy atom. The van der Waals surface area contributed by atoms with Gasteiger partial charge in [0.1, 0.15) is 24.0 Å². The molecule has 0 saturated carbocycles. The molecule has 0 amide bonds. The molecule has 2 rings (SSSR count). The van der Waals surface area contributed by atoms with Crippen LogP contribution >= 0.6 is 0 Å². The van der Waals surface area contributed by atoms with E-state index in [1.165, 1.54) is 0 Å². The van der Waals surface area contributed by atoms with Crippen LogP contribution in [0.25, 0.3) is 0 Å². The maximum atomic E-state index is 9.80. The van der Waals surface area contributed by atoms with Gasteiger partial charge in [0.05, 0.1) is 72.2 Å². The van der Waals surface area contributed by atoms with Gasteiger partial charge >= 0.3 is 0 Å². The molecule has 0 bridgehead atoms. The third-order valence-corrected chi connectivity index (χ3v) is 3.88. The van der Waals surface area contributed by atoms with Gasteiger partial charge in [-0.3, -0.25) is 0 Å². The first kappa shape index (κ1) is 23.1. The first-order valence-electron chi connectivity index (χ1n) is 9.12. The molecule has 2 heterocycles. The molecule has 12 nitrogen and oxygen atoms in total. The highest BCUT2D eigenvalue weighted by atomic mass is 16.7. The van der Waals surface area contributed by atoms with Crippen molar-refractivity contribution in [3.8, 4) is 0 Å². The lowest BCUT2D eigenvalue weighted by Crippen LogP contribution is -2.53. The summed E-state index contributed by atoms with van der Waals surface area (Å²) in [6, 6.07) is 0. The van der Waals surface area contributed by atoms with Crippen molar-refractivity contribution in [1.29, 1.82) is 0 Å². The fourth-order valence-corrected chi connectivity index (χ4v) is 2.37. The summed E-state index contributed by atoms with van der Waals surface area (Å²) >= 11 is 0. The Morgan fingerprint density at radius 3 is 2.39 bits per heavy atom. The number of ether oxygens (including phenoxy) is 5. The number of nitrogens with zero attached hydrogens (tertiary/aromatic N) is 3. The van der Waals surface area contributed by atoms with E-state index in [9.17, 15) is 15.3 Å². The van der Waals surface area contributed by atoms with Crippen molar-refractivity contribution >= 4 is 0 Å². The van der Waals surface area contributed by atoms with Crippen molar-refractivity contribution in [2.45, 2.75) is 37.8 Å². The zero-order valence-corrected chi connectivity index (χ0v) is 15.6. The minimum atomic E-state index is -1.34. The van der Waals surface area contributed by atoms with Crippen molar-refractivity contribution < 1.29 is 44.1 Å². The van der Waals surface area contributed by atoms with Gasteiger partial charge in [-0.25, -0.2) is 4.68 Å². The van der Waals surface area contributed by atoms with Crippen LogP contribution in [0.2, 0.25) is 0 Å². The Hall–Kier alpha value is -1.22. The molecule has 162 valence electrons. The van der Waals surface area contributed by atoms with Crippen molar-refractivity contribution in [3.63, 3.8) is 0 Å². The van der Waals surface area contributed by atoms with E-state index < -0.39 is 24.6 Å². The standard InChI is InChI=1S/C16H29N3O9/c20-2-4-25-6-8-26-7-5-24-3-1-19-9-12(17-18-19)10-27-16-15(23)14(22)13(21)11-28-16/h9,13-16,20-23H,1-8,10-11H2. The first-order valence-corrected chi connectivity index (χ1v) is 9.12. The van der Waals surface area contributed by atoms with Crippen LogP contribution in [-0.2, 0) is 36.8 Å². The molecule has 4 unspecified atom stereocenters. The van der Waals surface area contributed by atoms with Crippen molar-refractivity contribution in [1.82, 2.24) is 15.0 Å². The molecule has 1 saturated heterocycles. The molecule has 0 spiro atoms. The minimum absolute atomic E-state index is 0.00279. The van der Waals surface area contributed by atoms with Crippen LogP contribution in [-0.4, -0.2) is 113 Å². The molecule has 12 heteroatoms. The van der Waals surface area contributed by atoms with Crippen LogP contribution in [0.15, 0.2) is 6.20 Å². The largest absolute Gasteiger partial charge is 0.394 e. The fourth-order valence-electron chi connectivity index (χ4n) is 2.37. The summed E-state index contributed by atoms with van der Waals surface area (Å²) < 4.78 is 27.9. The van der Waals surface area contributed by atoms with Gasteiger partial charge in [0.15, 0.2) is 6.29 Å². The first-order chi connectivity index (χ1) is 13.6. The van der Waals surface area contributed by atoms with Crippen LogP contribution in [0.5, 0.6) is 0 Å². The van der Waals surface area contributed by atoms with E-state index in [1.807, 2.05) is 0 Å². The van der Waals surface area contributed by atoms with Crippen LogP contribution < -0.4 is 0 Å². The smallest absolute Gasteiger partial charge is 0.186 e. The quantitative estimate of drug-likeness (QED) is 0.237. The topological polar surface area (TPSA) is 158 Å². The van der Waals surface area contributed by atoms with Crippen molar-refractivity contribution in [3.05, 3.63) is 11.9 Å². The summed E-state index contributed by atoms with van der Waals surface area (Å²) in [5, 5.41) is 45.3. The summed E-state index contributed by atoms with van der Waals surface area (Å²) in [7, 11) is 0. The van der Waals surface area contributed by atoms with Crippen LogP contribution in [0.1, 0.15) is 5.69 Å². The lowest BCUT2D eigenvalue weighted by molar-refractivity contribution is -0.273. The second-order valence-electron chi connectivity index (χ2n) is 6.09. The summed E-state index contributed by atoms with van der Waals surface area (Å²) in [5.41, 5.74) is 0.530. The molecule has 1 fully saturated rings. The van der Waals surface area contributed by atoms with E-state index in [1.54, 1.807) is 10.9 Å². The van der Waals surface area contributed by atoms with E-state index in [0.717, 1.165) is 0 Å². The normalized spacial score (nSPS) is 25.3. The molecular weight excluding hydrogens is 378 g/mol. The average Bonchev–Trinajstić information content (AvgIpc) is 3.15. The molecule has 0 radical (unpaired) electrons. The number of hydrogen-bond donors (Lipinski definition) is 4. The van der Waals surface area contributed by atoms with Gasteiger partial charge in [0, 0.05) is 0 Å². The molecule has 4 N–H and O–H groups in total. The van der Waals surface area contributed by atoms with E-state index in [4.69, 9.17) is 28.8 Å². The maximum absolute atomic E-state index is 9.80. The number of aliphatic hydroxyl groups is 4. The van der Waals surface area contributed by atoms with Gasteiger partial charge in [-0.1, -0.05) is 5.21 Å². The molecule has 1 aromatic rings. The predicted molar refractivity (Wildman–Crippen MR) is 92.1 cm³/mol. The molecule has 4 atom stereocenters. The second kappa shape index (κ2) is 13.1. The van der Waals surface area contributed by atoms with Crippen molar-refractivity contribution in [2.24, 2.45) is 0 Å². The van der Waals surface area contributed by atoms with E-state index >= 15 is 0 Å². The summed E-state index contributed by atoms with van der Waals surface area (Å²) in [6.45, 7) is 2.94. The second-order valence-corrected chi connectivity index (χ2v) is 6.09. The average molecular weight is 407 g/mol. The fraction of sp³-hybridized carbons (Fsp3) is 0.875. The summed E-state index contributed by atoms with van der Waals surface area (Å²) in [6.07, 6.45) is -3.15. The number of rotatable bonds is 14. The molecule has 0 aliphatic carbocycles. The monoisotopic (exact) mass is 407 g/mol. The molecule has 28 heavy (non-hydrogen) atoms. The number of hydrogen-bond acceptors (Lipinski definition) is 11. The van der Waals surface area contributed by atoms with Crippen molar-refractivity contribution in [2.75, 3.05) is 52.9 Å². The van der Waals surface area contributed by atoms with Gasteiger partial charge in [0.2, 0.25) is 0 Å².